The van der Waals surface area contributed by atoms with Gasteiger partial charge in [0.2, 0.25) is 24.0 Å². The Balaban J connectivity index is 1.44. The van der Waals surface area contributed by atoms with E-state index in [1.54, 1.807) is 0 Å². The van der Waals surface area contributed by atoms with Crippen molar-refractivity contribution in [3.63, 3.8) is 0 Å². The van der Waals surface area contributed by atoms with E-state index >= 15 is 0 Å². The van der Waals surface area contributed by atoms with Crippen LogP contribution in [0.4, 0.5) is 0 Å². The summed E-state index contributed by atoms with van der Waals surface area (Å²) in [5, 5.41) is 44.0. The van der Waals surface area contributed by atoms with E-state index in [0.717, 1.165) is 12.1 Å². The second-order valence-electron chi connectivity index (χ2n) is 14.6. The van der Waals surface area contributed by atoms with Gasteiger partial charge in [0.05, 0.1) is 51.1 Å². The number of aliphatic hydroxyl groups is 4. The molecule has 0 bridgehead atoms. The van der Waals surface area contributed by atoms with E-state index < -0.39 is 114 Å². The minimum Gasteiger partial charge on any atom is -0.489 e. The van der Waals surface area contributed by atoms with Gasteiger partial charge < -0.3 is 57.2 Å². The summed E-state index contributed by atoms with van der Waals surface area (Å²) in [5.41, 5.74) is 8.99. The Morgan fingerprint density at radius 1 is 0.750 bits per heavy atom. The predicted molar refractivity (Wildman–Crippen MR) is 246 cm³/mol. The third-order valence-corrected chi connectivity index (χ3v) is 18.4. The number of carbonyl (C=O) groups is 1. The molecule has 0 amide bonds. The molecule has 3 aromatic carbocycles. The summed E-state index contributed by atoms with van der Waals surface area (Å²) >= 11 is 0. The number of Topliss-reactive ketones (excluding diaryl/α,β-unsaturated/α-hetero) is 1. The molecule has 3 unspecified atom stereocenters. The first-order chi connectivity index (χ1) is 32.2. The van der Waals surface area contributed by atoms with Crippen molar-refractivity contribution < 1.29 is 87.3 Å². The lowest BCUT2D eigenvalue weighted by atomic mass is 9.99. The molecule has 6 N–H and O–H groups in total. The molecular formula is C39H53N5O19S5. The average Bonchev–Trinajstić information content (AvgIpc) is 3.28. The van der Waals surface area contributed by atoms with Crippen molar-refractivity contribution in [1.29, 1.82) is 9.56 Å². The number of benzene rings is 3. The van der Waals surface area contributed by atoms with Crippen LogP contribution in [0, 0.1) is 9.56 Å². The normalized spacial score (nSPS) is 19.6. The largest absolute Gasteiger partial charge is 0.501 e. The highest BCUT2D eigenvalue weighted by Crippen LogP contribution is 2.34. The molecule has 1 saturated heterocycles. The Morgan fingerprint density at radius 3 is 1.99 bits per heavy atom. The highest BCUT2D eigenvalue weighted by atomic mass is 33.2. The SMILES string of the molecule is CS(=N)S(=O)(=O)Cc1ccc(OCc2ccc(OS(=O)(=O)Oc3cc(C(=O)CCCOCCOCCOCCN=[N+]=[N-])ccc3OC3O[C@@H](CO)[C@@H](O)[C@@H](O)[C@@H]3O)cc2)c(CS(=O)(=O)S(C)=N)c1. The van der Waals surface area contributed by atoms with Crippen LogP contribution in [0.15, 0.2) is 65.8 Å². The average molecular weight is 1060 g/mol. The van der Waals surface area contributed by atoms with Crippen molar-refractivity contribution in [3.8, 4) is 23.0 Å². The molecule has 68 heavy (non-hydrogen) atoms. The molecule has 3 aromatic rings. The van der Waals surface area contributed by atoms with Crippen molar-refractivity contribution in [1.82, 2.24) is 0 Å². The number of nitrogens with zero attached hydrogens (tertiary/aromatic N) is 3. The van der Waals surface area contributed by atoms with Crippen LogP contribution < -0.4 is 17.8 Å². The molecule has 1 aliphatic rings. The monoisotopic (exact) mass is 1060 g/mol. The number of azide groups is 1. The predicted octanol–water partition coefficient (Wildman–Crippen LogP) is 2.15. The van der Waals surface area contributed by atoms with Crippen LogP contribution in [0.3, 0.4) is 0 Å². The first kappa shape index (κ1) is 56.3. The maximum Gasteiger partial charge on any atom is 0.501 e. The third-order valence-electron chi connectivity index (χ3n) is 9.46. The Labute approximate surface area is 396 Å². The minimum atomic E-state index is -5.04. The Hall–Kier alpha value is -4.33. The number of ether oxygens (including phenoxy) is 6. The molecule has 0 saturated carbocycles. The van der Waals surface area contributed by atoms with Gasteiger partial charge in [0.15, 0.2) is 17.3 Å². The zero-order chi connectivity index (χ0) is 50.1. The molecule has 1 fully saturated rings. The Morgan fingerprint density at radius 2 is 1.35 bits per heavy atom. The first-order valence-electron chi connectivity index (χ1n) is 20.2. The fourth-order valence-electron chi connectivity index (χ4n) is 5.90. The van der Waals surface area contributed by atoms with Crippen LogP contribution in [0.5, 0.6) is 23.0 Å². The molecule has 24 nitrogen and oxygen atoms in total. The molecule has 29 heteroatoms. The van der Waals surface area contributed by atoms with Crippen molar-refractivity contribution >= 4 is 53.4 Å². The number of hydrogen-bond donors (Lipinski definition) is 6. The second kappa shape index (κ2) is 26.6. The summed E-state index contributed by atoms with van der Waals surface area (Å²) in [7, 11) is -16.3. The van der Waals surface area contributed by atoms with Crippen LogP contribution >= 0.6 is 0 Å². The maximum atomic E-state index is 13.4. The standard InChI is InChI=1S/C39H53N5O19S5/c1-64(41)66(50,51)24-27-7-11-32(29(20-27)25-67(52,53)65(2)42)59-23-26-5-9-30(10-6-26)62-68(54,55)63-34-21-28(8-12-33(34)60-39-38(49)37(48)36(47)35(22-45)61-39)31(46)4-3-14-56-16-18-58-19-17-57-15-13-43-44-40/h5-12,20-21,35-39,41-42,45,47-49H,3-4,13-19,22-25H2,1-2H3/t35-,36+,37+,38-,39?,64?,65?/m0/s1. The highest BCUT2D eigenvalue weighted by molar-refractivity contribution is 8.64. The van der Waals surface area contributed by atoms with Crippen LogP contribution in [-0.4, -0.2) is 147 Å². The van der Waals surface area contributed by atoms with E-state index in [1.165, 1.54) is 61.0 Å². The Bertz CT molecular complexity index is 2600. The summed E-state index contributed by atoms with van der Waals surface area (Å²) in [6, 6.07) is 12.9. The minimum absolute atomic E-state index is 0.0256. The van der Waals surface area contributed by atoms with Crippen molar-refractivity contribution in [2.24, 2.45) is 5.11 Å². The van der Waals surface area contributed by atoms with Gasteiger partial charge in [0, 0.05) is 67.6 Å². The van der Waals surface area contributed by atoms with Crippen LogP contribution in [0.25, 0.3) is 10.4 Å². The van der Waals surface area contributed by atoms with Gasteiger partial charge in [0.25, 0.3) is 0 Å². The molecule has 0 radical (unpaired) electrons. The lowest BCUT2D eigenvalue weighted by Crippen LogP contribution is -2.60. The summed E-state index contributed by atoms with van der Waals surface area (Å²) in [4.78, 5) is 15.8. The summed E-state index contributed by atoms with van der Waals surface area (Å²) in [6.07, 6.45) is -5.93. The number of ketones is 1. The fraction of sp³-hybridized carbons (Fsp3) is 0.513. The van der Waals surface area contributed by atoms with Crippen LogP contribution in [-0.2, 0) is 84.6 Å². The fourth-order valence-corrected chi connectivity index (χ4v) is 10.0. The smallest absolute Gasteiger partial charge is 0.489 e. The van der Waals surface area contributed by atoms with Gasteiger partial charge in [-0.3, -0.25) is 14.4 Å². The summed E-state index contributed by atoms with van der Waals surface area (Å²) < 4.78 is 136. The van der Waals surface area contributed by atoms with Crippen LogP contribution in [0.2, 0.25) is 0 Å². The number of carbonyl (C=O) groups excluding carboxylic acids is 1. The second-order valence-corrected chi connectivity index (χ2v) is 26.4. The lowest BCUT2D eigenvalue weighted by Gasteiger charge is -2.39. The highest BCUT2D eigenvalue weighted by Gasteiger charge is 2.45. The molecule has 0 spiro atoms. The van der Waals surface area contributed by atoms with E-state index in [9.17, 15) is 50.5 Å². The van der Waals surface area contributed by atoms with Crippen LogP contribution in [0.1, 0.15) is 39.9 Å². The van der Waals surface area contributed by atoms with E-state index in [1.807, 2.05) is 0 Å². The van der Waals surface area contributed by atoms with E-state index in [-0.39, 0.29) is 80.6 Å². The third kappa shape index (κ3) is 17.6. The molecule has 1 heterocycles. The molecule has 0 aliphatic carbocycles. The molecule has 7 atom stereocenters. The topological polar surface area (TPSA) is 371 Å². The number of nitrogens with one attached hydrogen (secondary N) is 2. The molecule has 1 aliphatic heterocycles. The van der Waals surface area contributed by atoms with Gasteiger partial charge in [-0.25, -0.2) is 16.8 Å². The lowest BCUT2D eigenvalue weighted by molar-refractivity contribution is -0.277. The van der Waals surface area contributed by atoms with Gasteiger partial charge in [-0.2, -0.15) is 0 Å². The number of hydrogen-bond acceptors (Lipinski definition) is 22. The van der Waals surface area contributed by atoms with Gasteiger partial charge in [0.1, 0.15) is 42.5 Å². The first-order valence-corrected chi connectivity index (χ1v) is 29.2. The molecular weight excluding hydrogens is 1000 g/mol. The number of aliphatic hydroxyl groups excluding tert-OH is 4. The quantitative estimate of drug-likeness (QED) is 0.0139. The Kier molecular flexibility index (Phi) is 22.0. The van der Waals surface area contributed by atoms with Crippen molar-refractivity contribution in [3.05, 3.63) is 93.4 Å². The molecule has 378 valence electrons. The van der Waals surface area contributed by atoms with Gasteiger partial charge >= 0.3 is 10.4 Å². The van der Waals surface area contributed by atoms with Crippen molar-refractivity contribution in [2.75, 3.05) is 65.3 Å². The zero-order valence-electron chi connectivity index (χ0n) is 36.6. The van der Waals surface area contributed by atoms with E-state index in [0.29, 0.717) is 18.8 Å². The van der Waals surface area contributed by atoms with E-state index in [4.69, 9.17) is 51.9 Å². The van der Waals surface area contributed by atoms with Crippen molar-refractivity contribution in [2.45, 2.75) is 61.7 Å². The van der Waals surface area contributed by atoms with E-state index in [2.05, 4.69) is 10.0 Å². The van der Waals surface area contributed by atoms with Gasteiger partial charge in [-0.05, 0) is 65.5 Å². The van der Waals surface area contributed by atoms with Gasteiger partial charge in [-0.15, -0.1) is 8.42 Å². The summed E-state index contributed by atoms with van der Waals surface area (Å²) in [5.74, 6) is -2.79. The van der Waals surface area contributed by atoms with Gasteiger partial charge in [-0.1, -0.05) is 23.3 Å². The molecule has 4 rings (SSSR count). The molecule has 0 aromatic heterocycles. The maximum absolute atomic E-state index is 13.4. The number of rotatable bonds is 30. The zero-order valence-corrected chi connectivity index (χ0v) is 40.7. The summed E-state index contributed by atoms with van der Waals surface area (Å²) in [6.45, 7) is 0.765.